The van der Waals surface area contributed by atoms with Crippen molar-refractivity contribution in [3.8, 4) is 27.9 Å². The molecule has 0 spiro atoms. The van der Waals surface area contributed by atoms with Crippen LogP contribution in [0.15, 0.2) is 261 Å². The van der Waals surface area contributed by atoms with Crippen molar-refractivity contribution in [3.05, 3.63) is 278 Å². The van der Waals surface area contributed by atoms with Crippen LogP contribution in [0, 0.1) is 0 Å². The van der Waals surface area contributed by atoms with Crippen molar-refractivity contribution in [2.24, 2.45) is 0 Å². The summed E-state index contributed by atoms with van der Waals surface area (Å²) in [7, 11) is 0. The number of rotatable bonds is 9. The van der Waals surface area contributed by atoms with Crippen molar-refractivity contribution in [2.75, 3.05) is 9.80 Å². The van der Waals surface area contributed by atoms with Gasteiger partial charge in [-0.15, -0.1) is 0 Å². The van der Waals surface area contributed by atoms with E-state index in [0.29, 0.717) is 0 Å². The quantitative estimate of drug-likeness (QED) is 0.144. The van der Waals surface area contributed by atoms with Gasteiger partial charge < -0.3 is 14.4 Å². The van der Waals surface area contributed by atoms with Gasteiger partial charge in [-0.25, -0.2) is 0 Å². The summed E-state index contributed by atoms with van der Waals surface area (Å²) in [6.45, 7) is 0. The molecule has 0 saturated heterocycles. The van der Waals surface area contributed by atoms with Gasteiger partial charge >= 0.3 is 0 Å². The zero-order valence-electron chi connectivity index (χ0n) is 35.2. The zero-order valence-corrected chi connectivity index (χ0v) is 35.2. The molecule has 1 aliphatic rings. The van der Waals surface area contributed by atoms with Gasteiger partial charge in [-0.05, 0) is 118 Å². The number of aromatic nitrogens is 1. The van der Waals surface area contributed by atoms with E-state index in [-0.39, 0.29) is 0 Å². The highest BCUT2D eigenvalue weighted by Crippen LogP contribution is 2.58. The highest BCUT2D eigenvalue weighted by Gasteiger charge is 2.50. The molecular weight excluding hydrogens is 775 g/mol. The van der Waals surface area contributed by atoms with Crippen LogP contribution in [0.1, 0.15) is 16.7 Å². The second kappa shape index (κ2) is 15.5. The molecule has 1 aromatic heterocycles. The Morgan fingerprint density at radius 2 is 0.812 bits per heavy atom. The number of hydrogen-bond acceptors (Lipinski definition) is 2. The van der Waals surface area contributed by atoms with Gasteiger partial charge in [0, 0.05) is 44.9 Å². The fraction of sp³-hybridized carbons (Fsp3) is 0.0164. The Labute approximate surface area is 374 Å². The van der Waals surface area contributed by atoms with E-state index >= 15 is 0 Å². The van der Waals surface area contributed by atoms with E-state index in [2.05, 4.69) is 275 Å². The van der Waals surface area contributed by atoms with E-state index in [1.54, 1.807) is 0 Å². The molecule has 3 heteroatoms. The average molecular weight is 818 g/mol. The van der Waals surface area contributed by atoms with Gasteiger partial charge in [-0.2, -0.15) is 0 Å². The Morgan fingerprint density at radius 3 is 1.52 bits per heavy atom. The van der Waals surface area contributed by atoms with E-state index in [1.807, 2.05) is 0 Å². The Balaban J connectivity index is 1.14. The molecule has 3 nitrogen and oxygen atoms in total. The SMILES string of the molecule is c1ccc(-c2ccc(N(c3ccc4c(c3)C(c3ccccc3)(N(c3ccccc3)c3ccccc3)c3ccccc3-4)c3ccc4c5ccccc5n(-c5ccccc5)c4c3)cc2)cc1. The molecule has 1 aliphatic carbocycles. The van der Waals surface area contributed by atoms with Crippen LogP contribution >= 0.6 is 0 Å². The van der Waals surface area contributed by atoms with Crippen molar-refractivity contribution in [1.29, 1.82) is 0 Å². The van der Waals surface area contributed by atoms with Crippen molar-refractivity contribution in [1.82, 2.24) is 4.57 Å². The van der Waals surface area contributed by atoms with Gasteiger partial charge in [0.1, 0.15) is 5.54 Å². The van der Waals surface area contributed by atoms with Gasteiger partial charge in [-0.3, -0.25) is 0 Å². The van der Waals surface area contributed by atoms with Crippen LogP contribution in [0.25, 0.3) is 49.7 Å². The van der Waals surface area contributed by atoms with Crippen LogP contribution in [-0.4, -0.2) is 4.57 Å². The molecule has 12 rings (SSSR count). The lowest BCUT2D eigenvalue weighted by atomic mass is 9.78. The Morgan fingerprint density at radius 1 is 0.312 bits per heavy atom. The van der Waals surface area contributed by atoms with Crippen LogP contribution in [0.3, 0.4) is 0 Å². The summed E-state index contributed by atoms with van der Waals surface area (Å²) >= 11 is 0. The predicted octanol–water partition coefficient (Wildman–Crippen LogP) is 16.0. The number of anilines is 5. The third-order valence-electron chi connectivity index (χ3n) is 13.0. The maximum atomic E-state index is 2.56. The maximum absolute atomic E-state index is 2.56. The molecule has 0 aliphatic heterocycles. The fourth-order valence-corrected chi connectivity index (χ4v) is 10.3. The molecule has 0 fully saturated rings. The van der Waals surface area contributed by atoms with Crippen molar-refractivity contribution in [2.45, 2.75) is 5.54 Å². The Bertz CT molecular complexity index is 3380. The van der Waals surface area contributed by atoms with Gasteiger partial charge in [0.05, 0.1) is 11.0 Å². The second-order valence-corrected chi connectivity index (χ2v) is 16.5. The molecule has 10 aromatic carbocycles. The number of benzene rings is 10. The minimum Gasteiger partial charge on any atom is -0.323 e. The summed E-state index contributed by atoms with van der Waals surface area (Å²) in [6.07, 6.45) is 0. The third kappa shape index (κ3) is 5.97. The average Bonchev–Trinajstić information content (AvgIpc) is 3.86. The number of para-hydroxylation sites is 4. The summed E-state index contributed by atoms with van der Waals surface area (Å²) in [6, 6.07) is 95.1. The standard InChI is InChI=1S/C61H43N3/c1-6-20-44(21-7-1)45-34-36-48(37-35-45)62(52-39-41-56-55-31-17-19-33-59(55)63(60(56)43-52)47-24-10-3-11-25-47)51-38-40-54-53-30-16-18-32-57(53)61(58(54)42-51,46-22-8-2-9-23-46)64(49-26-12-4-13-27-49)50-28-14-5-15-29-50/h1-43H. The largest absolute Gasteiger partial charge is 0.323 e. The lowest BCUT2D eigenvalue weighted by molar-refractivity contribution is 0.644. The molecule has 0 amide bonds. The minimum absolute atomic E-state index is 0.738. The third-order valence-corrected chi connectivity index (χ3v) is 13.0. The first kappa shape index (κ1) is 37.4. The summed E-state index contributed by atoms with van der Waals surface area (Å²) in [4.78, 5) is 5.00. The van der Waals surface area contributed by atoms with Crippen molar-refractivity contribution >= 4 is 50.2 Å². The molecule has 0 bridgehead atoms. The van der Waals surface area contributed by atoms with Crippen LogP contribution < -0.4 is 9.80 Å². The summed E-state index contributed by atoms with van der Waals surface area (Å²) in [5.74, 6) is 0. The van der Waals surface area contributed by atoms with Gasteiger partial charge in [-0.1, -0.05) is 182 Å². The number of hydrogen-bond donors (Lipinski definition) is 0. The molecule has 0 saturated carbocycles. The first-order valence-electron chi connectivity index (χ1n) is 22.0. The zero-order chi connectivity index (χ0) is 42.5. The fourth-order valence-electron chi connectivity index (χ4n) is 10.3. The second-order valence-electron chi connectivity index (χ2n) is 16.5. The smallest absolute Gasteiger partial charge is 0.122 e. The molecule has 0 N–H and O–H groups in total. The molecule has 0 radical (unpaired) electrons. The molecule has 1 heterocycles. The molecule has 1 unspecified atom stereocenters. The lowest BCUT2D eigenvalue weighted by Crippen LogP contribution is -2.44. The molecular formula is C61H43N3. The molecule has 302 valence electrons. The molecule has 11 aromatic rings. The normalized spacial score (nSPS) is 14.0. The highest BCUT2D eigenvalue weighted by molar-refractivity contribution is 6.10. The maximum Gasteiger partial charge on any atom is 0.122 e. The number of nitrogens with zero attached hydrogens (tertiary/aromatic N) is 3. The van der Waals surface area contributed by atoms with Gasteiger partial charge in [0.15, 0.2) is 0 Å². The predicted molar refractivity (Wildman–Crippen MR) is 268 cm³/mol. The van der Waals surface area contributed by atoms with E-state index in [4.69, 9.17) is 0 Å². The first-order chi connectivity index (χ1) is 31.8. The monoisotopic (exact) mass is 817 g/mol. The Kier molecular flexibility index (Phi) is 9.05. The van der Waals surface area contributed by atoms with Crippen LogP contribution in [0.4, 0.5) is 28.4 Å². The highest BCUT2D eigenvalue weighted by atomic mass is 15.2. The van der Waals surface area contributed by atoms with E-state index < -0.39 is 5.54 Å². The van der Waals surface area contributed by atoms with Gasteiger partial charge in [0.2, 0.25) is 0 Å². The first-order valence-corrected chi connectivity index (χ1v) is 22.0. The summed E-state index contributed by atoms with van der Waals surface area (Å²) in [5.41, 5.74) is 16.7. The van der Waals surface area contributed by atoms with Crippen molar-refractivity contribution in [3.63, 3.8) is 0 Å². The van der Waals surface area contributed by atoms with Gasteiger partial charge in [0.25, 0.3) is 0 Å². The van der Waals surface area contributed by atoms with Crippen molar-refractivity contribution < 1.29 is 0 Å². The van der Waals surface area contributed by atoms with Crippen LogP contribution in [0.5, 0.6) is 0 Å². The summed E-state index contributed by atoms with van der Waals surface area (Å²) in [5, 5.41) is 2.45. The van der Waals surface area contributed by atoms with E-state index in [0.717, 1.165) is 39.6 Å². The molecule has 64 heavy (non-hydrogen) atoms. The summed E-state index contributed by atoms with van der Waals surface area (Å²) < 4.78 is 2.40. The topological polar surface area (TPSA) is 11.4 Å². The van der Waals surface area contributed by atoms with Crippen LogP contribution in [-0.2, 0) is 5.54 Å². The lowest BCUT2D eigenvalue weighted by Gasteiger charge is -2.45. The van der Waals surface area contributed by atoms with E-state index in [9.17, 15) is 0 Å². The molecule has 1 atom stereocenters. The van der Waals surface area contributed by atoms with Crippen LogP contribution in [0.2, 0.25) is 0 Å². The Hall–Kier alpha value is -8.40. The minimum atomic E-state index is -0.738. The van der Waals surface area contributed by atoms with E-state index in [1.165, 1.54) is 55.2 Å². The number of fused-ring (bicyclic) bond motifs is 6.